The first-order valence-electron chi connectivity index (χ1n) is 8.47. The molecule has 3 rings (SSSR count). The lowest BCUT2D eigenvalue weighted by atomic mass is 10.1. The van der Waals surface area contributed by atoms with Crippen LogP contribution in [0.25, 0.3) is 0 Å². The summed E-state index contributed by atoms with van der Waals surface area (Å²) in [5.74, 6) is 1.87. The molecule has 0 saturated carbocycles. The van der Waals surface area contributed by atoms with Gasteiger partial charge in [0.1, 0.15) is 17.2 Å². The molecule has 3 aromatic carbocycles. The van der Waals surface area contributed by atoms with E-state index in [2.05, 4.69) is 36.4 Å². The third-order valence-electron chi connectivity index (χ3n) is 3.84. The van der Waals surface area contributed by atoms with E-state index in [9.17, 15) is 5.11 Å². The molecule has 0 aliphatic heterocycles. The van der Waals surface area contributed by atoms with Gasteiger partial charge < -0.3 is 14.6 Å². The van der Waals surface area contributed by atoms with Gasteiger partial charge in [-0.25, -0.2) is 0 Å². The van der Waals surface area contributed by atoms with Crippen LogP contribution in [-0.2, 0) is 6.42 Å². The van der Waals surface area contributed by atoms with Gasteiger partial charge in [-0.15, -0.1) is 0 Å². The molecule has 0 bridgehead atoms. The lowest BCUT2D eigenvalue weighted by Crippen LogP contribution is -2.05. The van der Waals surface area contributed by atoms with Crippen molar-refractivity contribution in [3.63, 3.8) is 0 Å². The van der Waals surface area contributed by atoms with E-state index in [-0.39, 0.29) is 5.75 Å². The van der Waals surface area contributed by atoms with Crippen LogP contribution in [0.4, 0.5) is 0 Å². The van der Waals surface area contributed by atoms with Gasteiger partial charge in [-0.3, -0.25) is 0 Å². The summed E-state index contributed by atoms with van der Waals surface area (Å²) in [5, 5.41) is 9.22. The zero-order chi connectivity index (χ0) is 17.3. The van der Waals surface area contributed by atoms with Crippen LogP contribution in [0.15, 0.2) is 78.9 Å². The summed E-state index contributed by atoms with van der Waals surface area (Å²) in [4.78, 5) is 0. The molecule has 0 unspecified atom stereocenters. The third kappa shape index (κ3) is 5.57. The Balaban J connectivity index is 1.38. The first-order chi connectivity index (χ1) is 12.3. The van der Waals surface area contributed by atoms with Gasteiger partial charge in [0.2, 0.25) is 0 Å². The number of hydrogen-bond acceptors (Lipinski definition) is 3. The van der Waals surface area contributed by atoms with E-state index in [0.717, 1.165) is 24.3 Å². The molecule has 0 spiro atoms. The molecule has 1 N–H and O–H groups in total. The Morgan fingerprint density at radius 2 is 1.12 bits per heavy atom. The van der Waals surface area contributed by atoms with Crippen molar-refractivity contribution in [3.05, 3.63) is 90.0 Å². The van der Waals surface area contributed by atoms with Crippen LogP contribution in [0.1, 0.15) is 17.5 Å². The van der Waals surface area contributed by atoms with Crippen molar-refractivity contribution < 1.29 is 14.6 Å². The first kappa shape index (κ1) is 16.9. The van der Waals surface area contributed by atoms with E-state index in [0.29, 0.717) is 13.2 Å². The van der Waals surface area contributed by atoms with Crippen LogP contribution in [0.2, 0.25) is 0 Å². The zero-order valence-corrected chi connectivity index (χ0v) is 14.1. The van der Waals surface area contributed by atoms with Crippen molar-refractivity contribution in [2.45, 2.75) is 12.8 Å². The molecule has 3 nitrogen and oxygen atoms in total. The van der Waals surface area contributed by atoms with Crippen molar-refractivity contribution in [1.29, 1.82) is 0 Å². The minimum atomic E-state index is 0.242. The monoisotopic (exact) mass is 334 g/mol. The predicted octanol–water partition coefficient (Wildman–Crippen LogP) is 4.83. The number of aromatic hydroxyl groups is 1. The molecule has 25 heavy (non-hydrogen) atoms. The Labute approximate surface area is 148 Å². The molecule has 0 aromatic heterocycles. The minimum Gasteiger partial charge on any atom is -0.508 e. The van der Waals surface area contributed by atoms with Gasteiger partial charge in [-0.1, -0.05) is 42.5 Å². The Morgan fingerprint density at radius 1 is 0.600 bits per heavy atom. The highest BCUT2D eigenvalue weighted by molar-refractivity contribution is 5.31. The summed E-state index contributed by atoms with van der Waals surface area (Å²) in [5.41, 5.74) is 2.58. The standard InChI is InChI=1S/C22H22O3/c23-20-9-13-22(14-10-20)25-16-4-15-24-21-11-7-19(8-12-21)17-18-5-2-1-3-6-18/h1-3,5-14,23H,4,15-17H2. The van der Waals surface area contributed by atoms with Gasteiger partial charge in [0.15, 0.2) is 0 Å². The molecule has 3 aromatic rings. The average Bonchev–Trinajstić information content (AvgIpc) is 2.65. The molecule has 0 heterocycles. The van der Waals surface area contributed by atoms with E-state index in [1.165, 1.54) is 11.1 Å². The topological polar surface area (TPSA) is 38.7 Å². The number of rotatable bonds is 8. The van der Waals surface area contributed by atoms with Crippen LogP contribution in [0, 0.1) is 0 Å². The van der Waals surface area contributed by atoms with E-state index >= 15 is 0 Å². The molecule has 0 amide bonds. The maximum absolute atomic E-state index is 9.22. The summed E-state index contributed by atoms with van der Waals surface area (Å²) in [6, 6.07) is 25.4. The van der Waals surface area contributed by atoms with Crippen LogP contribution in [0.3, 0.4) is 0 Å². The van der Waals surface area contributed by atoms with Gasteiger partial charge >= 0.3 is 0 Å². The van der Waals surface area contributed by atoms with Crippen LogP contribution in [0.5, 0.6) is 17.2 Å². The molecule has 0 atom stereocenters. The van der Waals surface area contributed by atoms with Crippen molar-refractivity contribution >= 4 is 0 Å². The maximum Gasteiger partial charge on any atom is 0.119 e. The molecule has 128 valence electrons. The third-order valence-corrected chi connectivity index (χ3v) is 3.84. The van der Waals surface area contributed by atoms with Gasteiger partial charge in [-0.05, 0) is 53.9 Å². The largest absolute Gasteiger partial charge is 0.508 e. The van der Waals surface area contributed by atoms with Crippen LogP contribution in [-0.4, -0.2) is 18.3 Å². The lowest BCUT2D eigenvalue weighted by Gasteiger charge is -2.09. The van der Waals surface area contributed by atoms with Gasteiger partial charge in [-0.2, -0.15) is 0 Å². The highest BCUT2D eigenvalue weighted by Crippen LogP contribution is 2.17. The number of phenolic OH excluding ortho intramolecular Hbond substituents is 1. The Bertz CT molecular complexity index is 750. The highest BCUT2D eigenvalue weighted by atomic mass is 16.5. The van der Waals surface area contributed by atoms with Gasteiger partial charge in [0, 0.05) is 6.42 Å². The quantitative estimate of drug-likeness (QED) is 0.600. The fourth-order valence-electron chi connectivity index (χ4n) is 2.52. The van der Waals surface area contributed by atoms with Crippen molar-refractivity contribution in [1.82, 2.24) is 0 Å². The molecular formula is C22H22O3. The van der Waals surface area contributed by atoms with Gasteiger partial charge in [0.05, 0.1) is 13.2 Å². The molecule has 0 aliphatic rings. The fraction of sp³-hybridized carbons (Fsp3) is 0.182. The number of benzene rings is 3. The molecule has 0 saturated heterocycles. The van der Waals surface area contributed by atoms with E-state index in [1.54, 1.807) is 24.3 Å². The van der Waals surface area contributed by atoms with E-state index in [1.807, 2.05) is 18.2 Å². The molecular weight excluding hydrogens is 312 g/mol. The van der Waals surface area contributed by atoms with Crippen molar-refractivity contribution in [3.8, 4) is 17.2 Å². The maximum atomic E-state index is 9.22. The average molecular weight is 334 g/mol. The summed E-state index contributed by atoms with van der Waals surface area (Å²) in [6.45, 7) is 1.19. The van der Waals surface area contributed by atoms with E-state index < -0.39 is 0 Å². The second-order valence-electron chi connectivity index (χ2n) is 5.85. The Morgan fingerprint density at radius 3 is 1.72 bits per heavy atom. The summed E-state index contributed by atoms with van der Waals surface area (Å²) >= 11 is 0. The van der Waals surface area contributed by atoms with E-state index in [4.69, 9.17) is 9.47 Å². The van der Waals surface area contributed by atoms with Crippen molar-refractivity contribution in [2.24, 2.45) is 0 Å². The molecule has 0 radical (unpaired) electrons. The molecule has 0 aliphatic carbocycles. The van der Waals surface area contributed by atoms with Crippen LogP contribution >= 0.6 is 0 Å². The molecule has 3 heteroatoms. The van der Waals surface area contributed by atoms with Crippen molar-refractivity contribution in [2.75, 3.05) is 13.2 Å². The molecule has 0 fully saturated rings. The first-order valence-corrected chi connectivity index (χ1v) is 8.47. The van der Waals surface area contributed by atoms with Gasteiger partial charge in [0.25, 0.3) is 0 Å². The highest BCUT2D eigenvalue weighted by Gasteiger charge is 1.99. The fourth-order valence-corrected chi connectivity index (χ4v) is 2.52. The zero-order valence-electron chi connectivity index (χ0n) is 14.1. The lowest BCUT2D eigenvalue weighted by molar-refractivity contribution is 0.247. The second-order valence-corrected chi connectivity index (χ2v) is 5.85. The van der Waals surface area contributed by atoms with Crippen LogP contribution < -0.4 is 9.47 Å². The smallest absolute Gasteiger partial charge is 0.119 e. The SMILES string of the molecule is Oc1ccc(OCCCOc2ccc(Cc3ccccc3)cc2)cc1. The summed E-state index contributed by atoms with van der Waals surface area (Å²) in [7, 11) is 0. The normalized spacial score (nSPS) is 10.4. The number of phenols is 1. The number of hydrogen-bond donors (Lipinski definition) is 1. The minimum absolute atomic E-state index is 0.242. The number of ether oxygens (including phenoxy) is 2. The Kier molecular flexibility index (Phi) is 5.94. The summed E-state index contributed by atoms with van der Waals surface area (Å²) < 4.78 is 11.3. The Hall–Kier alpha value is -2.94. The second kappa shape index (κ2) is 8.78. The summed E-state index contributed by atoms with van der Waals surface area (Å²) in [6.07, 6.45) is 1.73. The predicted molar refractivity (Wildman–Crippen MR) is 99.4 cm³/mol.